The number of hydrogen-bond acceptors (Lipinski definition) is 13. The van der Waals surface area contributed by atoms with Crippen molar-refractivity contribution in [2.24, 2.45) is 11.8 Å². The first-order valence-corrected chi connectivity index (χ1v) is 19.0. The topological polar surface area (TPSA) is 159 Å². The Kier molecular flexibility index (Phi) is 9.70. The van der Waals surface area contributed by atoms with Gasteiger partial charge in [0.05, 0.1) is 5.56 Å². The van der Waals surface area contributed by atoms with E-state index in [1.54, 1.807) is 20.8 Å². The number of Topliss-reactive ketones (excluding diaryl/α,β-unsaturated/α-hetero) is 2. The van der Waals surface area contributed by atoms with Crippen LogP contribution in [0.15, 0.2) is 64.4 Å². The van der Waals surface area contributed by atoms with Gasteiger partial charge in [0.1, 0.15) is 30.1 Å². The smallest absolute Gasteiger partial charge is 0.485 e. The fourth-order valence-electron chi connectivity index (χ4n) is 8.39. The van der Waals surface area contributed by atoms with Gasteiger partial charge in [-0.2, -0.15) is 0 Å². The van der Waals surface area contributed by atoms with Crippen LogP contribution in [-0.2, 0) is 40.3 Å². The van der Waals surface area contributed by atoms with Crippen molar-refractivity contribution < 1.29 is 47.4 Å². The number of aldehydes is 1. The lowest BCUT2D eigenvalue weighted by Gasteiger charge is -2.36. The highest BCUT2D eigenvalue weighted by Crippen LogP contribution is 2.64. The number of ketones is 2. The molecule has 1 unspecified atom stereocenters. The molecule has 13 nitrogen and oxygen atoms in total. The number of epoxide rings is 1. The summed E-state index contributed by atoms with van der Waals surface area (Å²) in [5.74, 6) is -0.133. The zero-order valence-electron chi connectivity index (χ0n) is 32.2. The number of ether oxygens (including phenoxy) is 5. The first-order chi connectivity index (χ1) is 27.0. The van der Waals surface area contributed by atoms with E-state index in [1.165, 1.54) is 0 Å². The molecule has 0 amide bonds. The lowest BCUT2D eigenvalue weighted by molar-refractivity contribution is -0.109. The molecule has 4 aromatic rings. The third kappa shape index (κ3) is 6.52. The number of likely N-dealkylation sites (tertiary alicyclic amines) is 1. The molecule has 3 aromatic carbocycles. The van der Waals surface area contributed by atoms with Gasteiger partial charge in [0.25, 0.3) is 5.88 Å². The van der Waals surface area contributed by atoms with Crippen molar-refractivity contribution in [3.8, 4) is 17.4 Å². The number of hydrogen-bond donors (Lipinski definition) is 1. The number of fused-ring (bicyclic) bond motifs is 4. The molecule has 0 saturated carbocycles. The molecule has 2 aliphatic heterocycles. The normalized spacial score (nSPS) is 21.8. The first-order valence-electron chi connectivity index (χ1n) is 19.0. The summed E-state index contributed by atoms with van der Waals surface area (Å²) in [7, 11) is 3.75. The Morgan fingerprint density at radius 1 is 1.00 bits per heavy atom. The van der Waals surface area contributed by atoms with Crippen LogP contribution >= 0.6 is 0 Å². The fourth-order valence-corrected chi connectivity index (χ4v) is 8.39. The fraction of sp³-hybridized carbons (Fsp3) is 0.419. The van der Waals surface area contributed by atoms with Gasteiger partial charge in [0, 0.05) is 40.8 Å². The summed E-state index contributed by atoms with van der Waals surface area (Å²) in [6.07, 6.45) is 1.96. The highest BCUT2D eigenvalue weighted by atomic mass is 16.7. The monoisotopic (exact) mass is 763 g/mol. The predicted octanol–water partition coefficient (Wildman–Crippen LogP) is 6.18. The maximum Gasteiger partial charge on any atom is 0.514 e. The van der Waals surface area contributed by atoms with E-state index in [0.717, 1.165) is 30.6 Å². The second-order valence-corrected chi connectivity index (χ2v) is 15.9. The summed E-state index contributed by atoms with van der Waals surface area (Å²) in [5.41, 5.74) is 0.932. The SMILES string of the molecule is CC(C)(C)OC(=O)Oc1c2c(c(OCC=O)c3ccc(CN4CCC4)cc13)CC1C[C@H]3Cc4onc(OCc5ccccc5)c4C(=O)[C@]34OC4=C1C2=O.CNC. The van der Waals surface area contributed by atoms with Gasteiger partial charge in [-0.1, -0.05) is 42.5 Å². The summed E-state index contributed by atoms with van der Waals surface area (Å²) in [6.45, 7) is 7.78. The quantitative estimate of drug-likeness (QED) is 0.0893. The molecule has 1 N–H and O–H groups in total. The molecule has 2 fully saturated rings. The van der Waals surface area contributed by atoms with Crippen LogP contribution in [0.3, 0.4) is 0 Å². The number of nitrogens with one attached hydrogen (secondary N) is 1. The Hall–Kier alpha value is -5.53. The highest BCUT2D eigenvalue weighted by Gasteiger charge is 2.72. The maximum absolute atomic E-state index is 15.0. The summed E-state index contributed by atoms with van der Waals surface area (Å²) in [6, 6.07) is 15.3. The van der Waals surface area contributed by atoms with Crippen LogP contribution in [0, 0.1) is 11.8 Å². The van der Waals surface area contributed by atoms with E-state index in [2.05, 4.69) is 15.4 Å². The van der Waals surface area contributed by atoms with E-state index in [1.807, 2.05) is 62.6 Å². The van der Waals surface area contributed by atoms with Gasteiger partial charge in [-0.3, -0.25) is 19.3 Å². The summed E-state index contributed by atoms with van der Waals surface area (Å²) in [4.78, 5) is 56.6. The molecule has 3 atom stereocenters. The van der Waals surface area contributed by atoms with Gasteiger partial charge in [-0.25, -0.2) is 4.79 Å². The van der Waals surface area contributed by atoms with Crippen molar-refractivity contribution in [1.29, 1.82) is 0 Å². The molecule has 3 aliphatic carbocycles. The molecule has 5 aliphatic rings. The third-order valence-electron chi connectivity index (χ3n) is 10.8. The maximum atomic E-state index is 15.0. The second-order valence-electron chi connectivity index (χ2n) is 15.9. The molecular formula is C43H45N3O10. The van der Waals surface area contributed by atoms with Gasteiger partial charge >= 0.3 is 6.16 Å². The van der Waals surface area contributed by atoms with Gasteiger partial charge in [0.2, 0.25) is 11.4 Å². The Balaban J connectivity index is 0.00000143. The molecule has 9 rings (SSSR count). The predicted molar refractivity (Wildman–Crippen MR) is 203 cm³/mol. The molecule has 0 bridgehead atoms. The summed E-state index contributed by atoms with van der Waals surface area (Å²) in [5, 5.41) is 7.95. The number of nitrogens with zero attached hydrogens (tertiary/aromatic N) is 2. The van der Waals surface area contributed by atoms with Crippen LogP contribution in [0.1, 0.15) is 76.8 Å². The first kappa shape index (κ1) is 37.4. The van der Waals surface area contributed by atoms with Crippen LogP contribution in [0.2, 0.25) is 0 Å². The summed E-state index contributed by atoms with van der Waals surface area (Å²) < 4.78 is 35.6. The number of rotatable bonds is 9. The minimum absolute atomic E-state index is 0.0504. The Morgan fingerprint density at radius 3 is 2.46 bits per heavy atom. The number of carbonyl (C=O) groups excluding carboxylic acids is 4. The van der Waals surface area contributed by atoms with E-state index >= 15 is 0 Å². The van der Waals surface area contributed by atoms with Gasteiger partial charge in [-0.05, 0) is 95.5 Å². The number of allylic oxidation sites excluding steroid dienone is 1. The molecular weight excluding hydrogens is 718 g/mol. The van der Waals surface area contributed by atoms with Gasteiger partial charge in [0.15, 0.2) is 29.3 Å². The van der Waals surface area contributed by atoms with Crippen LogP contribution in [0.25, 0.3) is 10.8 Å². The second kappa shape index (κ2) is 14.5. The number of aromatic nitrogens is 1. The third-order valence-corrected chi connectivity index (χ3v) is 10.8. The van der Waals surface area contributed by atoms with Crippen molar-refractivity contribution in [2.75, 3.05) is 33.8 Å². The molecule has 56 heavy (non-hydrogen) atoms. The van der Waals surface area contributed by atoms with E-state index in [4.69, 9.17) is 28.2 Å². The van der Waals surface area contributed by atoms with Crippen molar-refractivity contribution >= 4 is 34.8 Å². The van der Waals surface area contributed by atoms with Gasteiger partial charge < -0.3 is 33.5 Å². The van der Waals surface area contributed by atoms with Crippen LogP contribution in [-0.4, -0.2) is 79.1 Å². The minimum Gasteiger partial charge on any atom is -0.485 e. The summed E-state index contributed by atoms with van der Waals surface area (Å²) >= 11 is 0. The molecule has 0 radical (unpaired) electrons. The molecule has 3 heterocycles. The number of carbonyl (C=O) groups is 4. The lowest BCUT2D eigenvalue weighted by atomic mass is 9.63. The van der Waals surface area contributed by atoms with Crippen LogP contribution in [0.5, 0.6) is 17.4 Å². The van der Waals surface area contributed by atoms with Crippen molar-refractivity contribution in [3.63, 3.8) is 0 Å². The Morgan fingerprint density at radius 2 is 1.77 bits per heavy atom. The van der Waals surface area contributed by atoms with Gasteiger partial charge in [-0.15, -0.1) is 0 Å². The highest BCUT2D eigenvalue weighted by molar-refractivity contribution is 6.20. The molecule has 292 valence electrons. The van der Waals surface area contributed by atoms with Crippen LogP contribution in [0.4, 0.5) is 4.79 Å². The van der Waals surface area contributed by atoms with E-state index in [-0.39, 0.29) is 53.6 Å². The standard InChI is InChI=1S/C41H38N2O10.C2H7N/c1-40(2,3)52-39(47)50-35-27-16-23(20-43-12-7-13-43)10-11-26(27)34(48-15-14-44)28-18-24-17-25-19-29-32(38(42-53-29)49-21-22-8-5-4-6-9-22)36(46)41(25)37(51-41)30(24)33(45)31(28)35;1-3-2/h4-6,8-11,14,16,24-25H,7,12-13,15,17-21H2,1-3H3;3H,1-2H3/t24?,25-,41+;/m0./s1. The molecule has 2 saturated heterocycles. The van der Waals surface area contributed by atoms with E-state index in [9.17, 15) is 19.2 Å². The van der Waals surface area contributed by atoms with E-state index < -0.39 is 23.1 Å². The van der Waals surface area contributed by atoms with E-state index in [0.29, 0.717) is 71.3 Å². The van der Waals surface area contributed by atoms with Crippen molar-refractivity contribution in [3.05, 3.63) is 93.4 Å². The Labute approximate surface area is 324 Å². The molecule has 13 heteroatoms. The Bertz CT molecular complexity index is 2270. The van der Waals surface area contributed by atoms with Crippen molar-refractivity contribution in [1.82, 2.24) is 15.4 Å². The zero-order chi connectivity index (χ0) is 39.4. The lowest BCUT2D eigenvalue weighted by Crippen LogP contribution is -2.44. The van der Waals surface area contributed by atoms with Crippen molar-refractivity contribution in [2.45, 2.75) is 70.8 Å². The minimum atomic E-state index is -1.34. The molecule has 1 spiro atoms. The number of benzene rings is 3. The average molecular weight is 764 g/mol. The zero-order valence-corrected chi connectivity index (χ0v) is 32.2. The average Bonchev–Trinajstić information content (AvgIpc) is 3.77. The molecule has 1 aromatic heterocycles. The van der Waals surface area contributed by atoms with Crippen LogP contribution < -0.4 is 19.5 Å². The largest absolute Gasteiger partial charge is 0.514 e.